The number of fused-ring (bicyclic) bond motifs is 1. The number of ketones is 1. The number of allylic oxidation sites excluding steroid dienone is 1. The third kappa shape index (κ3) is 4.06. The van der Waals surface area contributed by atoms with Gasteiger partial charge in [-0.25, -0.2) is 4.79 Å². The molecule has 0 spiro atoms. The molecule has 4 rings (SSSR count). The first-order valence-corrected chi connectivity index (χ1v) is 10.6. The van der Waals surface area contributed by atoms with Gasteiger partial charge in [0.2, 0.25) is 0 Å². The van der Waals surface area contributed by atoms with Crippen LogP contribution < -0.4 is 0 Å². The molecule has 1 aromatic rings. The average molecular weight is 411 g/mol. The van der Waals surface area contributed by atoms with Crippen LogP contribution in [0.5, 0.6) is 5.75 Å². The van der Waals surface area contributed by atoms with Crippen LogP contribution in [0.3, 0.4) is 0 Å². The summed E-state index contributed by atoms with van der Waals surface area (Å²) < 4.78 is 11.2. The van der Waals surface area contributed by atoms with Crippen molar-refractivity contribution >= 4 is 17.5 Å². The average Bonchev–Trinajstić information content (AvgIpc) is 3.17. The van der Waals surface area contributed by atoms with Gasteiger partial charge in [0.15, 0.2) is 0 Å². The fraction of sp³-hybridized carbons (Fsp3) is 0.542. The van der Waals surface area contributed by atoms with E-state index in [-0.39, 0.29) is 29.7 Å². The number of carbonyl (C=O) groups excluding carboxylic acids is 2. The molecule has 2 fully saturated rings. The maximum absolute atomic E-state index is 13.2. The Morgan fingerprint density at radius 2 is 2.10 bits per heavy atom. The molecule has 3 atom stereocenters. The second-order valence-electron chi connectivity index (χ2n) is 9.37. The highest BCUT2D eigenvalue weighted by atomic mass is 16.6. The Morgan fingerprint density at radius 3 is 2.80 bits per heavy atom. The Labute approximate surface area is 177 Å². The topological polar surface area (TPSA) is 85.2 Å². The van der Waals surface area contributed by atoms with Crippen molar-refractivity contribution in [2.24, 2.45) is 16.3 Å². The molecule has 0 unspecified atom stereocenters. The Kier molecular flexibility index (Phi) is 5.53. The van der Waals surface area contributed by atoms with Gasteiger partial charge in [-0.15, -0.1) is 0 Å². The van der Waals surface area contributed by atoms with E-state index >= 15 is 0 Å². The van der Waals surface area contributed by atoms with Crippen LogP contribution in [-0.2, 0) is 19.1 Å². The first-order chi connectivity index (χ1) is 14.2. The zero-order valence-electron chi connectivity index (χ0n) is 17.8. The molecule has 1 aliphatic carbocycles. The molecule has 2 aliphatic heterocycles. The number of aliphatic imine (C=N–C) groups is 1. The summed E-state index contributed by atoms with van der Waals surface area (Å²) in [6.07, 6.45) is 2.90. The largest absolute Gasteiger partial charge is 0.508 e. The molecule has 2 heterocycles. The second-order valence-corrected chi connectivity index (χ2v) is 9.37. The highest BCUT2D eigenvalue weighted by molar-refractivity contribution is 6.12. The van der Waals surface area contributed by atoms with Gasteiger partial charge in [0.05, 0.1) is 17.6 Å². The summed E-state index contributed by atoms with van der Waals surface area (Å²) in [6, 6.07) is 6.79. The quantitative estimate of drug-likeness (QED) is 0.759. The van der Waals surface area contributed by atoms with Gasteiger partial charge in [-0.2, -0.15) is 0 Å². The van der Waals surface area contributed by atoms with Crippen LogP contribution in [0.25, 0.3) is 0 Å². The lowest BCUT2D eigenvalue weighted by Crippen LogP contribution is -2.44. The van der Waals surface area contributed by atoms with Crippen LogP contribution in [0.2, 0.25) is 0 Å². The van der Waals surface area contributed by atoms with E-state index in [9.17, 15) is 14.7 Å². The molecule has 1 N–H and O–H groups in total. The first-order valence-electron chi connectivity index (χ1n) is 10.6. The molecule has 0 bridgehead atoms. The van der Waals surface area contributed by atoms with Crippen molar-refractivity contribution in [3.8, 4) is 5.75 Å². The van der Waals surface area contributed by atoms with Crippen molar-refractivity contribution in [3.05, 3.63) is 41.1 Å². The molecule has 0 radical (unpaired) electrons. The lowest BCUT2D eigenvalue weighted by molar-refractivity contribution is -0.142. The predicted molar refractivity (Wildman–Crippen MR) is 112 cm³/mol. The Balaban J connectivity index is 1.72. The Morgan fingerprint density at radius 1 is 1.30 bits per heavy atom. The SMILES string of the molecule is CC1=C(C(=O)OC[C@@H]2CCCO2)[C@@H](c2cccc(O)c2)[C@H]2C(=O)CC(C)(C)CC2=N1. The van der Waals surface area contributed by atoms with Crippen LogP contribution in [0.1, 0.15) is 57.9 Å². The van der Waals surface area contributed by atoms with Gasteiger partial charge in [0, 0.05) is 30.4 Å². The lowest BCUT2D eigenvalue weighted by Gasteiger charge is -2.41. The van der Waals surface area contributed by atoms with Gasteiger partial charge in [-0.1, -0.05) is 26.0 Å². The Bertz CT molecular complexity index is 923. The van der Waals surface area contributed by atoms with Gasteiger partial charge in [0.25, 0.3) is 0 Å². The van der Waals surface area contributed by atoms with E-state index in [4.69, 9.17) is 14.5 Å². The minimum Gasteiger partial charge on any atom is -0.508 e. The van der Waals surface area contributed by atoms with Crippen molar-refractivity contribution in [1.82, 2.24) is 0 Å². The zero-order chi connectivity index (χ0) is 21.5. The van der Waals surface area contributed by atoms with Crippen molar-refractivity contribution in [2.45, 2.75) is 58.5 Å². The normalized spacial score (nSPS) is 28.2. The number of nitrogens with zero attached hydrogens (tertiary/aromatic N) is 1. The van der Waals surface area contributed by atoms with Crippen molar-refractivity contribution < 1.29 is 24.2 Å². The molecule has 6 heteroatoms. The van der Waals surface area contributed by atoms with E-state index in [0.717, 1.165) is 24.1 Å². The molecular weight excluding hydrogens is 382 g/mol. The summed E-state index contributed by atoms with van der Waals surface area (Å²) in [7, 11) is 0. The molecule has 160 valence electrons. The maximum Gasteiger partial charge on any atom is 0.336 e. The van der Waals surface area contributed by atoms with Gasteiger partial charge < -0.3 is 14.6 Å². The summed E-state index contributed by atoms with van der Waals surface area (Å²) in [5, 5.41) is 10.1. The van der Waals surface area contributed by atoms with E-state index in [1.807, 2.05) is 6.07 Å². The molecule has 3 aliphatic rings. The fourth-order valence-electron chi connectivity index (χ4n) is 4.96. The summed E-state index contributed by atoms with van der Waals surface area (Å²) in [5.41, 5.74) is 2.37. The third-order valence-electron chi connectivity index (χ3n) is 6.24. The summed E-state index contributed by atoms with van der Waals surface area (Å²) >= 11 is 0. The number of esters is 1. The number of benzene rings is 1. The molecule has 1 saturated carbocycles. The number of ether oxygens (including phenoxy) is 2. The second kappa shape index (κ2) is 7.99. The van der Waals surface area contributed by atoms with E-state index in [1.165, 1.54) is 0 Å². The number of hydrogen-bond donors (Lipinski definition) is 1. The standard InChI is InChI=1S/C24H29NO5/c1-14-20(23(28)30-13-17-8-5-9-29-17)21(15-6-4-7-16(26)10-15)22-18(25-14)11-24(2,3)12-19(22)27/h4,6-7,10,17,21-22,26H,5,8-9,11-13H2,1-3H3/t17-,21+,22+/m0/s1. The van der Waals surface area contributed by atoms with Crippen molar-refractivity contribution in [3.63, 3.8) is 0 Å². The van der Waals surface area contributed by atoms with E-state index < -0.39 is 17.8 Å². The molecule has 30 heavy (non-hydrogen) atoms. The molecular formula is C24H29NO5. The third-order valence-corrected chi connectivity index (χ3v) is 6.24. The number of phenols is 1. The van der Waals surface area contributed by atoms with Gasteiger partial charge in [-0.3, -0.25) is 9.79 Å². The molecule has 1 saturated heterocycles. The molecule has 0 aromatic heterocycles. The van der Waals surface area contributed by atoms with Crippen LogP contribution >= 0.6 is 0 Å². The minimum absolute atomic E-state index is 0.0751. The Hall–Kier alpha value is -2.47. The summed E-state index contributed by atoms with van der Waals surface area (Å²) in [6.45, 7) is 6.82. The van der Waals surface area contributed by atoms with Crippen molar-refractivity contribution in [2.75, 3.05) is 13.2 Å². The molecule has 0 amide bonds. The van der Waals surface area contributed by atoms with Crippen LogP contribution in [0.15, 0.2) is 40.5 Å². The number of phenolic OH excluding ortho intramolecular Hbond substituents is 1. The number of rotatable bonds is 4. The van der Waals surface area contributed by atoms with E-state index in [1.54, 1.807) is 25.1 Å². The number of Topliss-reactive ketones (excluding diaryl/α,β-unsaturated/α-hetero) is 1. The highest BCUT2D eigenvalue weighted by Crippen LogP contribution is 2.47. The van der Waals surface area contributed by atoms with Crippen LogP contribution in [-0.4, -0.2) is 41.9 Å². The monoisotopic (exact) mass is 411 g/mol. The van der Waals surface area contributed by atoms with Gasteiger partial charge >= 0.3 is 5.97 Å². The zero-order valence-corrected chi connectivity index (χ0v) is 17.8. The molecule has 1 aromatic carbocycles. The number of aromatic hydroxyl groups is 1. The number of carbonyl (C=O) groups is 2. The predicted octanol–water partition coefficient (Wildman–Crippen LogP) is 3.93. The van der Waals surface area contributed by atoms with E-state index in [0.29, 0.717) is 30.7 Å². The summed E-state index contributed by atoms with van der Waals surface area (Å²) in [4.78, 5) is 31.1. The van der Waals surface area contributed by atoms with Crippen LogP contribution in [0, 0.1) is 11.3 Å². The smallest absolute Gasteiger partial charge is 0.336 e. The first kappa shape index (κ1) is 20.8. The summed E-state index contributed by atoms with van der Waals surface area (Å²) in [5.74, 6) is -1.30. The lowest BCUT2D eigenvalue weighted by atomic mass is 9.63. The fourth-order valence-corrected chi connectivity index (χ4v) is 4.96. The van der Waals surface area contributed by atoms with Gasteiger partial charge in [-0.05, 0) is 49.3 Å². The van der Waals surface area contributed by atoms with Gasteiger partial charge in [0.1, 0.15) is 18.1 Å². The highest BCUT2D eigenvalue weighted by Gasteiger charge is 2.47. The maximum atomic E-state index is 13.2. The molecule has 6 nitrogen and oxygen atoms in total. The van der Waals surface area contributed by atoms with Crippen LogP contribution in [0.4, 0.5) is 0 Å². The van der Waals surface area contributed by atoms with Crippen molar-refractivity contribution in [1.29, 1.82) is 0 Å². The minimum atomic E-state index is -0.509. The van der Waals surface area contributed by atoms with E-state index in [2.05, 4.69) is 13.8 Å². The number of hydrogen-bond acceptors (Lipinski definition) is 6.